The minimum absolute atomic E-state index is 0.0665. The summed E-state index contributed by atoms with van der Waals surface area (Å²) in [5.41, 5.74) is 6.08. The van der Waals surface area contributed by atoms with Gasteiger partial charge in [-0.3, -0.25) is 20.3 Å². The molecule has 2 aromatic heterocycles. The van der Waals surface area contributed by atoms with Gasteiger partial charge in [-0.25, -0.2) is 9.97 Å². The summed E-state index contributed by atoms with van der Waals surface area (Å²) in [5, 5.41) is 4.85. The number of fused-ring (bicyclic) bond motifs is 1. The van der Waals surface area contributed by atoms with Crippen molar-refractivity contribution < 1.29 is 4.79 Å². The maximum Gasteiger partial charge on any atom is 0.238 e. The van der Waals surface area contributed by atoms with Crippen LogP contribution in [0, 0.1) is 0 Å². The fraction of sp³-hybridized carbons (Fsp3) is 0.400. The summed E-state index contributed by atoms with van der Waals surface area (Å²) in [5.74, 6) is 0.482. The number of aromatic nitrogens is 4. The summed E-state index contributed by atoms with van der Waals surface area (Å²) in [4.78, 5) is 19.5. The number of aryl methyl sites for hydroxylation is 1. The molecule has 0 fully saturated rings. The van der Waals surface area contributed by atoms with E-state index in [1.54, 1.807) is 17.9 Å². The van der Waals surface area contributed by atoms with Crippen LogP contribution in [0.15, 0.2) is 12.5 Å². The van der Waals surface area contributed by atoms with Crippen molar-refractivity contribution in [2.75, 3.05) is 5.43 Å². The van der Waals surface area contributed by atoms with Gasteiger partial charge in [0.15, 0.2) is 11.5 Å². The van der Waals surface area contributed by atoms with E-state index in [0.717, 1.165) is 11.8 Å². The Morgan fingerprint density at radius 2 is 2.29 bits per heavy atom. The molecular formula is C10H14N6O. The van der Waals surface area contributed by atoms with Crippen molar-refractivity contribution in [3.63, 3.8) is 0 Å². The second-order valence-electron chi connectivity index (χ2n) is 3.65. The van der Waals surface area contributed by atoms with Gasteiger partial charge in [-0.05, 0) is 6.42 Å². The van der Waals surface area contributed by atoms with Crippen LogP contribution >= 0.6 is 0 Å². The zero-order chi connectivity index (χ0) is 12.3. The molecular weight excluding hydrogens is 220 g/mol. The van der Waals surface area contributed by atoms with Crippen LogP contribution in [-0.2, 0) is 11.8 Å². The SMILES string of the molecule is CCCC(=O)NNc1ncnc2c1cnn2C. The monoisotopic (exact) mass is 234 g/mol. The predicted molar refractivity (Wildman–Crippen MR) is 63.0 cm³/mol. The highest BCUT2D eigenvalue weighted by molar-refractivity contribution is 5.87. The molecule has 90 valence electrons. The van der Waals surface area contributed by atoms with Crippen LogP contribution in [-0.4, -0.2) is 25.7 Å². The maximum atomic E-state index is 11.3. The number of hydrogen-bond acceptors (Lipinski definition) is 5. The molecule has 0 aliphatic rings. The standard InChI is InChI=1S/C10H14N6O/c1-3-4-8(17)14-15-9-7-5-13-16(2)10(7)12-6-11-9/h5-6H,3-4H2,1-2H3,(H,14,17)(H,11,12,15). The molecule has 0 atom stereocenters. The van der Waals surface area contributed by atoms with E-state index < -0.39 is 0 Å². The van der Waals surface area contributed by atoms with Gasteiger partial charge in [-0.2, -0.15) is 5.10 Å². The van der Waals surface area contributed by atoms with E-state index in [-0.39, 0.29) is 5.91 Å². The molecule has 0 aliphatic heterocycles. The van der Waals surface area contributed by atoms with Gasteiger partial charge >= 0.3 is 0 Å². The van der Waals surface area contributed by atoms with E-state index in [1.165, 1.54) is 6.33 Å². The lowest BCUT2D eigenvalue weighted by molar-refractivity contribution is -0.120. The highest BCUT2D eigenvalue weighted by Crippen LogP contribution is 2.16. The first-order valence-electron chi connectivity index (χ1n) is 5.40. The molecule has 2 heterocycles. The van der Waals surface area contributed by atoms with Gasteiger partial charge in [0.25, 0.3) is 0 Å². The second kappa shape index (κ2) is 4.77. The fourth-order valence-electron chi connectivity index (χ4n) is 1.48. The number of carbonyl (C=O) groups is 1. The van der Waals surface area contributed by atoms with Crippen molar-refractivity contribution in [1.82, 2.24) is 25.2 Å². The number of nitrogens with zero attached hydrogens (tertiary/aromatic N) is 4. The summed E-state index contributed by atoms with van der Waals surface area (Å²) in [7, 11) is 1.80. The third kappa shape index (κ3) is 2.32. The lowest BCUT2D eigenvalue weighted by Crippen LogP contribution is -2.29. The molecule has 0 aromatic carbocycles. The molecule has 0 radical (unpaired) electrons. The third-order valence-corrected chi connectivity index (χ3v) is 2.33. The summed E-state index contributed by atoms with van der Waals surface area (Å²) < 4.78 is 1.65. The fourth-order valence-corrected chi connectivity index (χ4v) is 1.48. The Morgan fingerprint density at radius 3 is 3.06 bits per heavy atom. The number of amides is 1. The quantitative estimate of drug-likeness (QED) is 0.757. The van der Waals surface area contributed by atoms with Gasteiger partial charge in [0.05, 0.1) is 11.6 Å². The molecule has 0 unspecified atom stereocenters. The Bertz CT molecular complexity index is 535. The predicted octanol–water partition coefficient (Wildman–Crippen LogP) is 0.606. The summed E-state index contributed by atoms with van der Waals surface area (Å²) in [6, 6.07) is 0. The molecule has 0 bridgehead atoms. The highest BCUT2D eigenvalue weighted by atomic mass is 16.2. The van der Waals surface area contributed by atoms with E-state index in [1.807, 2.05) is 6.92 Å². The third-order valence-electron chi connectivity index (χ3n) is 2.33. The number of hydrazine groups is 1. The zero-order valence-electron chi connectivity index (χ0n) is 9.77. The number of anilines is 1. The molecule has 7 nitrogen and oxygen atoms in total. The van der Waals surface area contributed by atoms with Gasteiger partial charge in [0.2, 0.25) is 5.91 Å². The molecule has 0 saturated heterocycles. The summed E-state index contributed by atoms with van der Waals surface area (Å²) in [6.45, 7) is 1.95. The van der Waals surface area contributed by atoms with Gasteiger partial charge in [0.1, 0.15) is 6.33 Å². The minimum atomic E-state index is -0.0665. The van der Waals surface area contributed by atoms with Crippen molar-refractivity contribution >= 4 is 22.8 Å². The van der Waals surface area contributed by atoms with Crippen LogP contribution in [0.1, 0.15) is 19.8 Å². The van der Waals surface area contributed by atoms with Gasteiger partial charge < -0.3 is 0 Å². The van der Waals surface area contributed by atoms with E-state index in [4.69, 9.17) is 0 Å². The molecule has 0 saturated carbocycles. The summed E-state index contributed by atoms with van der Waals surface area (Å²) >= 11 is 0. The number of carbonyl (C=O) groups excluding carboxylic acids is 1. The van der Waals surface area contributed by atoms with Crippen molar-refractivity contribution in [2.45, 2.75) is 19.8 Å². The first kappa shape index (κ1) is 11.3. The van der Waals surface area contributed by atoms with Crippen LogP contribution in [0.3, 0.4) is 0 Å². The average Bonchev–Trinajstić information content (AvgIpc) is 2.70. The lowest BCUT2D eigenvalue weighted by atomic mass is 10.3. The molecule has 0 aliphatic carbocycles. The lowest BCUT2D eigenvalue weighted by Gasteiger charge is -2.07. The minimum Gasteiger partial charge on any atom is -0.281 e. The van der Waals surface area contributed by atoms with E-state index in [2.05, 4.69) is 25.9 Å². The number of rotatable bonds is 4. The van der Waals surface area contributed by atoms with E-state index in [9.17, 15) is 4.79 Å². The Hall–Kier alpha value is -2.18. The topological polar surface area (TPSA) is 84.7 Å². The second-order valence-corrected chi connectivity index (χ2v) is 3.65. The maximum absolute atomic E-state index is 11.3. The van der Waals surface area contributed by atoms with Crippen LogP contribution in [0.2, 0.25) is 0 Å². The molecule has 2 aromatic rings. The first-order valence-corrected chi connectivity index (χ1v) is 5.40. The van der Waals surface area contributed by atoms with Crippen LogP contribution in [0.5, 0.6) is 0 Å². The van der Waals surface area contributed by atoms with Crippen molar-refractivity contribution in [2.24, 2.45) is 7.05 Å². The highest BCUT2D eigenvalue weighted by Gasteiger charge is 2.07. The molecule has 1 amide bonds. The van der Waals surface area contributed by atoms with Crippen LogP contribution in [0.25, 0.3) is 11.0 Å². The normalized spacial score (nSPS) is 10.5. The Morgan fingerprint density at radius 1 is 1.47 bits per heavy atom. The van der Waals surface area contributed by atoms with Gasteiger partial charge in [-0.15, -0.1) is 0 Å². The molecule has 2 N–H and O–H groups in total. The van der Waals surface area contributed by atoms with Crippen LogP contribution in [0.4, 0.5) is 5.82 Å². The Labute approximate surface area is 98.2 Å². The molecule has 17 heavy (non-hydrogen) atoms. The van der Waals surface area contributed by atoms with Crippen molar-refractivity contribution in [3.05, 3.63) is 12.5 Å². The largest absolute Gasteiger partial charge is 0.281 e. The average molecular weight is 234 g/mol. The number of hydrogen-bond donors (Lipinski definition) is 2. The van der Waals surface area contributed by atoms with Crippen molar-refractivity contribution in [1.29, 1.82) is 0 Å². The van der Waals surface area contributed by atoms with E-state index in [0.29, 0.717) is 17.9 Å². The van der Waals surface area contributed by atoms with E-state index >= 15 is 0 Å². The number of nitrogens with one attached hydrogen (secondary N) is 2. The van der Waals surface area contributed by atoms with Gasteiger partial charge in [0, 0.05) is 13.5 Å². The Kier molecular flexibility index (Phi) is 3.17. The zero-order valence-corrected chi connectivity index (χ0v) is 9.77. The molecule has 7 heteroatoms. The summed E-state index contributed by atoms with van der Waals surface area (Å²) in [6.07, 6.45) is 4.37. The molecule has 2 rings (SSSR count). The van der Waals surface area contributed by atoms with Gasteiger partial charge in [-0.1, -0.05) is 6.92 Å². The molecule has 0 spiro atoms. The van der Waals surface area contributed by atoms with Crippen molar-refractivity contribution in [3.8, 4) is 0 Å². The smallest absolute Gasteiger partial charge is 0.238 e. The van der Waals surface area contributed by atoms with Crippen LogP contribution < -0.4 is 10.9 Å². The Balaban J connectivity index is 2.16. The first-order chi connectivity index (χ1) is 8.22.